The van der Waals surface area contributed by atoms with Gasteiger partial charge in [-0.05, 0) is 18.3 Å². The first-order valence-corrected chi connectivity index (χ1v) is 5.80. The van der Waals surface area contributed by atoms with Crippen LogP contribution in [0.5, 0.6) is 0 Å². The Labute approximate surface area is 97.4 Å². The molecular formula is C12H12O5. The number of ether oxygens (including phenoxy) is 2. The fourth-order valence-electron chi connectivity index (χ4n) is 4.52. The molecule has 1 heterocycles. The van der Waals surface area contributed by atoms with Gasteiger partial charge in [0.15, 0.2) is 0 Å². The summed E-state index contributed by atoms with van der Waals surface area (Å²) in [6.07, 6.45) is 5.11. The number of rotatable bonds is 2. The molecule has 0 amide bonds. The molecule has 3 fully saturated rings. The maximum Gasteiger partial charge on any atom is 0.342 e. The zero-order chi connectivity index (χ0) is 12.0. The van der Waals surface area contributed by atoms with Gasteiger partial charge < -0.3 is 14.6 Å². The molecular weight excluding hydrogens is 224 g/mol. The second-order valence-electron chi connectivity index (χ2n) is 5.37. The molecule has 5 nitrogen and oxygen atoms in total. The second kappa shape index (κ2) is 2.41. The van der Waals surface area contributed by atoms with E-state index in [1.807, 2.05) is 0 Å². The Hall–Kier alpha value is -1.36. The molecule has 2 bridgehead atoms. The molecule has 4 aliphatic rings. The van der Waals surface area contributed by atoms with Gasteiger partial charge in [-0.25, -0.2) is 9.59 Å². The highest BCUT2D eigenvalue weighted by molar-refractivity contribution is 6.01. The van der Waals surface area contributed by atoms with E-state index >= 15 is 0 Å². The summed E-state index contributed by atoms with van der Waals surface area (Å²) in [7, 11) is 1.28. The summed E-state index contributed by atoms with van der Waals surface area (Å²) >= 11 is 0. The first-order valence-electron chi connectivity index (χ1n) is 5.80. The highest BCUT2D eigenvalue weighted by atomic mass is 16.7. The fourth-order valence-corrected chi connectivity index (χ4v) is 4.52. The van der Waals surface area contributed by atoms with E-state index in [4.69, 9.17) is 9.47 Å². The van der Waals surface area contributed by atoms with Crippen LogP contribution in [0.1, 0.15) is 6.42 Å². The lowest BCUT2D eigenvalue weighted by molar-refractivity contribution is -0.160. The smallest absolute Gasteiger partial charge is 0.342 e. The molecule has 6 atom stereocenters. The summed E-state index contributed by atoms with van der Waals surface area (Å²) in [5, 5.41) is 9.36. The van der Waals surface area contributed by atoms with Gasteiger partial charge in [-0.2, -0.15) is 0 Å². The van der Waals surface area contributed by atoms with Crippen LogP contribution in [-0.2, 0) is 19.1 Å². The van der Waals surface area contributed by atoms with Crippen molar-refractivity contribution >= 4 is 11.9 Å². The average molecular weight is 236 g/mol. The van der Waals surface area contributed by atoms with Gasteiger partial charge in [-0.3, -0.25) is 0 Å². The average Bonchev–Trinajstić information content (AvgIpc) is 2.65. The first kappa shape index (κ1) is 9.65. The van der Waals surface area contributed by atoms with E-state index in [0.29, 0.717) is 0 Å². The van der Waals surface area contributed by atoms with E-state index in [1.54, 1.807) is 0 Å². The Morgan fingerprint density at radius 3 is 2.41 bits per heavy atom. The highest BCUT2D eigenvalue weighted by Gasteiger charge is 2.98. The molecule has 0 aromatic carbocycles. The Bertz CT molecular complexity index is 483. The van der Waals surface area contributed by atoms with E-state index in [-0.39, 0.29) is 23.7 Å². The normalized spacial score (nSPS) is 55.8. The quantitative estimate of drug-likeness (QED) is 0.421. The van der Waals surface area contributed by atoms with Crippen molar-refractivity contribution in [2.45, 2.75) is 17.6 Å². The Kier molecular flexibility index (Phi) is 1.37. The number of carboxylic acids is 1. The van der Waals surface area contributed by atoms with Gasteiger partial charge in [0, 0.05) is 11.8 Å². The van der Waals surface area contributed by atoms with Crippen LogP contribution in [0.3, 0.4) is 0 Å². The lowest BCUT2D eigenvalue weighted by Crippen LogP contribution is -2.64. The predicted molar refractivity (Wildman–Crippen MR) is 53.9 cm³/mol. The number of carboxylic acid groups (broad SMARTS) is 1. The van der Waals surface area contributed by atoms with Crippen LogP contribution >= 0.6 is 0 Å². The number of carbonyl (C=O) groups is 2. The van der Waals surface area contributed by atoms with Gasteiger partial charge in [0.25, 0.3) is 0 Å². The Morgan fingerprint density at radius 1 is 1.29 bits per heavy atom. The van der Waals surface area contributed by atoms with Crippen molar-refractivity contribution in [2.75, 3.05) is 7.11 Å². The minimum Gasteiger partial charge on any atom is -0.479 e. The maximum absolute atomic E-state index is 11.9. The van der Waals surface area contributed by atoms with Crippen LogP contribution in [0.2, 0.25) is 0 Å². The first-order chi connectivity index (χ1) is 8.09. The van der Waals surface area contributed by atoms with Crippen molar-refractivity contribution in [3.05, 3.63) is 12.2 Å². The molecule has 0 unspecified atom stereocenters. The third kappa shape index (κ3) is 0.680. The number of methoxy groups -OCH3 is 1. The van der Waals surface area contributed by atoms with Crippen molar-refractivity contribution in [3.63, 3.8) is 0 Å². The third-order valence-corrected chi connectivity index (χ3v) is 5.04. The molecule has 0 aromatic rings. The van der Waals surface area contributed by atoms with Crippen molar-refractivity contribution in [2.24, 2.45) is 23.7 Å². The van der Waals surface area contributed by atoms with E-state index in [0.717, 1.165) is 6.42 Å². The largest absolute Gasteiger partial charge is 0.479 e. The number of hydrogen-bond donors (Lipinski definition) is 1. The van der Waals surface area contributed by atoms with Gasteiger partial charge in [0.1, 0.15) is 0 Å². The van der Waals surface area contributed by atoms with E-state index in [9.17, 15) is 14.7 Å². The van der Waals surface area contributed by atoms with E-state index in [1.165, 1.54) is 7.11 Å². The van der Waals surface area contributed by atoms with Crippen molar-refractivity contribution in [1.29, 1.82) is 0 Å². The number of hydrogen-bond acceptors (Lipinski definition) is 4. The summed E-state index contributed by atoms with van der Waals surface area (Å²) in [5.41, 5.74) is -2.49. The molecule has 5 heteroatoms. The number of epoxide rings is 1. The Morgan fingerprint density at radius 2 is 1.88 bits per heavy atom. The molecule has 90 valence electrons. The van der Waals surface area contributed by atoms with E-state index in [2.05, 4.69) is 12.2 Å². The number of fused-ring (bicyclic) bond motifs is 8. The summed E-state index contributed by atoms with van der Waals surface area (Å²) in [6.45, 7) is 0. The molecule has 0 radical (unpaired) electrons. The van der Waals surface area contributed by atoms with Crippen molar-refractivity contribution in [1.82, 2.24) is 0 Å². The topological polar surface area (TPSA) is 76.1 Å². The Balaban J connectivity index is 1.82. The third-order valence-electron chi connectivity index (χ3n) is 5.04. The fraction of sp³-hybridized carbons (Fsp3) is 0.667. The molecule has 4 rings (SSSR count). The number of aliphatic carboxylic acids is 1. The standard InChI is InChI=1S/C12H12O5/c1-16-10(15)12-8-6-3-2-5(4-6)7(8)11(12,17-12)9(13)14/h2-3,5-8H,4H2,1H3,(H,13,14)/t5-,6+,7+,8-,11+,12-/m1/s1. The number of allylic oxidation sites excluding steroid dienone is 2. The van der Waals surface area contributed by atoms with Crippen LogP contribution in [0.4, 0.5) is 0 Å². The van der Waals surface area contributed by atoms with Crippen molar-refractivity contribution in [3.8, 4) is 0 Å². The summed E-state index contributed by atoms with van der Waals surface area (Å²) in [6, 6.07) is 0. The predicted octanol–water partition coefficient (Wildman–Crippen LogP) is 0.204. The summed E-state index contributed by atoms with van der Waals surface area (Å²) in [4.78, 5) is 23.3. The minimum atomic E-state index is -1.30. The van der Waals surface area contributed by atoms with Gasteiger partial charge in [0.2, 0.25) is 11.2 Å². The van der Waals surface area contributed by atoms with Gasteiger partial charge in [-0.15, -0.1) is 0 Å². The monoisotopic (exact) mass is 236 g/mol. The van der Waals surface area contributed by atoms with Crippen LogP contribution in [0, 0.1) is 23.7 Å². The molecule has 17 heavy (non-hydrogen) atoms. The zero-order valence-electron chi connectivity index (χ0n) is 9.25. The van der Waals surface area contributed by atoms with E-state index < -0.39 is 23.1 Å². The molecule has 1 aliphatic heterocycles. The molecule has 1 saturated heterocycles. The van der Waals surface area contributed by atoms with Crippen LogP contribution in [0.25, 0.3) is 0 Å². The lowest BCUT2D eigenvalue weighted by Gasteiger charge is -2.43. The molecule has 0 spiro atoms. The second-order valence-corrected chi connectivity index (χ2v) is 5.37. The number of carbonyl (C=O) groups excluding carboxylic acids is 1. The van der Waals surface area contributed by atoms with Gasteiger partial charge in [0.05, 0.1) is 7.11 Å². The maximum atomic E-state index is 11.9. The highest BCUT2D eigenvalue weighted by Crippen LogP contribution is 2.79. The molecule has 0 aromatic heterocycles. The molecule has 2 saturated carbocycles. The SMILES string of the molecule is COC(=O)[C@@]12O[C@]1(C(=O)O)[C@@H]1[C@H]2[C@H]2C=C[C@@H]1C2. The number of esters is 1. The van der Waals surface area contributed by atoms with Gasteiger partial charge in [-0.1, -0.05) is 12.2 Å². The van der Waals surface area contributed by atoms with Gasteiger partial charge >= 0.3 is 11.9 Å². The van der Waals surface area contributed by atoms with Crippen LogP contribution < -0.4 is 0 Å². The molecule has 1 N–H and O–H groups in total. The summed E-state index contributed by atoms with van der Waals surface area (Å²) < 4.78 is 10.2. The lowest BCUT2D eigenvalue weighted by atomic mass is 9.53. The van der Waals surface area contributed by atoms with Crippen LogP contribution in [-0.4, -0.2) is 35.4 Å². The van der Waals surface area contributed by atoms with Crippen molar-refractivity contribution < 1.29 is 24.2 Å². The van der Waals surface area contributed by atoms with Crippen LogP contribution in [0.15, 0.2) is 12.2 Å². The zero-order valence-corrected chi connectivity index (χ0v) is 9.25. The minimum absolute atomic E-state index is 0.000972. The molecule has 3 aliphatic carbocycles. The summed E-state index contributed by atoms with van der Waals surface area (Å²) in [5.74, 6) is -1.07.